The molecule has 0 radical (unpaired) electrons. The Morgan fingerprint density at radius 1 is 1.40 bits per heavy atom. The SMILES string of the molecule is O=NC1CC=NC(c2c(F)cc(NC(=O)O)cc2F)C1. The molecule has 1 aliphatic heterocycles. The van der Waals surface area contributed by atoms with E-state index >= 15 is 0 Å². The van der Waals surface area contributed by atoms with Gasteiger partial charge in [-0.3, -0.25) is 10.3 Å². The first-order valence-corrected chi connectivity index (χ1v) is 5.84. The van der Waals surface area contributed by atoms with E-state index in [9.17, 15) is 18.5 Å². The second-order valence-electron chi connectivity index (χ2n) is 4.36. The maximum Gasteiger partial charge on any atom is 0.409 e. The number of anilines is 1. The second-order valence-corrected chi connectivity index (χ2v) is 4.36. The average molecular weight is 283 g/mol. The lowest BCUT2D eigenvalue weighted by Crippen LogP contribution is -2.17. The summed E-state index contributed by atoms with van der Waals surface area (Å²) in [6.45, 7) is 0. The summed E-state index contributed by atoms with van der Waals surface area (Å²) in [5.74, 6) is -1.83. The summed E-state index contributed by atoms with van der Waals surface area (Å²) in [6, 6.07) is 0.360. The van der Waals surface area contributed by atoms with Crippen LogP contribution in [0, 0.1) is 16.5 Å². The number of rotatable bonds is 3. The van der Waals surface area contributed by atoms with Crippen LogP contribution >= 0.6 is 0 Å². The number of hydrogen-bond donors (Lipinski definition) is 2. The van der Waals surface area contributed by atoms with E-state index in [-0.39, 0.29) is 17.7 Å². The Morgan fingerprint density at radius 3 is 2.60 bits per heavy atom. The van der Waals surface area contributed by atoms with E-state index in [1.165, 1.54) is 6.21 Å². The lowest BCUT2D eigenvalue weighted by molar-refractivity contribution is 0.209. The Bertz CT molecular complexity index is 554. The summed E-state index contributed by atoms with van der Waals surface area (Å²) in [5, 5.41) is 13.2. The molecule has 6 nitrogen and oxygen atoms in total. The molecular weight excluding hydrogens is 272 g/mol. The Labute approximate surface area is 112 Å². The van der Waals surface area contributed by atoms with Crippen LogP contribution in [0.25, 0.3) is 0 Å². The van der Waals surface area contributed by atoms with Gasteiger partial charge in [0.15, 0.2) is 0 Å². The molecule has 8 heteroatoms. The Hall–Kier alpha value is -2.38. The highest BCUT2D eigenvalue weighted by Crippen LogP contribution is 2.33. The van der Waals surface area contributed by atoms with E-state index in [4.69, 9.17) is 5.11 Å². The summed E-state index contributed by atoms with van der Waals surface area (Å²) in [5.41, 5.74) is -0.494. The number of hydrogen-bond acceptors (Lipinski definition) is 4. The zero-order valence-corrected chi connectivity index (χ0v) is 10.2. The van der Waals surface area contributed by atoms with Gasteiger partial charge in [0.1, 0.15) is 11.6 Å². The number of aliphatic imine (C=N–C) groups is 1. The van der Waals surface area contributed by atoms with Crippen molar-refractivity contribution in [1.29, 1.82) is 0 Å². The highest BCUT2D eigenvalue weighted by molar-refractivity contribution is 5.82. The summed E-state index contributed by atoms with van der Waals surface area (Å²) in [4.78, 5) is 24.9. The zero-order valence-electron chi connectivity index (χ0n) is 10.2. The van der Waals surface area contributed by atoms with Gasteiger partial charge in [0.05, 0.1) is 12.1 Å². The number of carboxylic acid groups (broad SMARTS) is 1. The fourth-order valence-corrected chi connectivity index (χ4v) is 2.10. The van der Waals surface area contributed by atoms with Crippen molar-refractivity contribution in [3.8, 4) is 0 Å². The number of carbonyl (C=O) groups is 1. The molecule has 0 saturated carbocycles. The normalized spacial score (nSPS) is 21.5. The van der Waals surface area contributed by atoms with Crippen molar-refractivity contribution in [2.45, 2.75) is 24.9 Å². The zero-order chi connectivity index (χ0) is 14.7. The van der Waals surface area contributed by atoms with Crippen LogP contribution in [-0.4, -0.2) is 23.5 Å². The molecule has 0 fully saturated rings. The van der Waals surface area contributed by atoms with Gasteiger partial charge in [-0.25, -0.2) is 13.6 Å². The summed E-state index contributed by atoms with van der Waals surface area (Å²) < 4.78 is 27.8. The van der Waals surface area contributed by atoms with Crippen LogP contribution in [0.3, 0.4) is 0 Å². The summed E-state index contributed by atoms with van der Waals surface area (Å²) in [7, 11) is 0. The van der Waals surface area contributed by atoms with Crippen LogP contribution in [0.1, 0.15) is 24.4 Å². The topological polar surface area (TPSA) is 91.1 Å². The van der Waals surface area contributed by atoms with Crippen molar-refractivity contribution >= 4 is 18.0 Å². The lowest BCUT2D eigenvalue weighted by atomic mass is 9.95. The van der Waals surface area contributed by atoms with Crippen molar-refractivity contribution in [3.05, 3.63) is 34.2 Å². The highest BCUT2D eigenvalue weighted by Gasteiger charge is 2.26. The molecule has 1 aromatic rings. The number of halogens is 2. The van der Waals surface area contributed by atoms with E-state index in [1.54, 1.807) is 0 Å². The van der Waals surface area contributed by atoms with Crippen LogP contribution in [0.15, 0.2) is 22.3 Å². The Balaban J connectivity index is 2.32. The molecule has 0 saturated heterocycles. The van der Waals surface area contributed by atoms with Crippen molar-refractivity contribution in [2.24, 2.45) is 10.2 Å². The fourth-order valence-electron chi connectivity index (χ4n) is 2.10. The van der Waals surface area contributed by atoms with Gasteiger partial charge >= 0.3 is 6.09 Å². The summed E-state index contributed by atoms with van der Waals surface area (Å²) in [6.07, 6.45) is 0.474. The van der Waals surface area contributed by atoms with Gasteiger partial charge in [-0.2, -0.15) is 4.91 Å². The van der Waals surface area contributed by atoms with Crippen LogP contribution in [0.4, 0.5) is 19.3 Å². The van der Waals surface area contributed by atoms with Gasteiger partial charge in [-0.15, -0.1) is 0 Å². The van der Waals surface area contributed by atoms with Crippen LogP contribution in [-0.2, 0) is 0 Å². The number of nitrogens with zero attached hydrogens (tertiary/aromatic N) is 2. The number of benzene rings is 1. The number of nitroso groups, excluding NO2 is 1. The van der Waals surface area contributed by atoms with E-state index < -0.39 is 29.8 Å². The first-order valence-electron chi connectivity index (χ1n) is 5.84. The first-order chi connectivity index (χ1) is 9.51. The molecule has 20 heavy (non-hydrogen) atoms. The first kappa shape index (κ1) is 14.0. The van der Waals surface area contributed by atoms with Gasteiger partial charge in [-0.05, 0) is 12.1 Å². The van der Waals surface area contributed by atoms with E-state index in [0.717, 1.165) is 12.1 Å². The van der Waals surface area contributed by atoms with Gasteiger partial charge in [-0.1, -0.05) is 5.18 Å². The Morgan fingerprint density at radius 2 is 2.05 bits per heavy atom. The van der Waals surface area contributed by atoms with Crippen LogP contribution < -0.4 is 5.32 Å². The molecule has 1 heterocycles. The number of nitrogens with one attached hydrogen (secondary N) is 1. The molecule has 1 aliphatic rings. The molecule has 2 unspecified atom stereocenters. The molecule has 2 N–H and O–H groups in total. The molecule has 106 valence electrons. The fraction of sp³-hybridized carbons (Fsp3) is 0.333. The van der Waals surface area contributed by atoms with Crippen molar-refractivity contribution < 1.29 is 18.7 Å². The molecule has 2 atom stereocenters. The molecule has 0 bridgehead atoms. The largest absolute Gasteiger partial charge is 0.465 e. The maximum atomic E-state index is 13.9. The molecule has 1 amide bonds. The van der Waals surface area contributed by atoms with Gasteiger partial charge in [0.25, 0.3) is 0 Å². The third kappa shape index (κ3) is 2.95. The van der Waals surface area contributed by atoms with Gasteiger partial charge in [0.2, 0.25) is 0 Å². The summed E-state index contributed by atoms with van der Waals surface area (Å²) >= 11 is 0. The minimum atomic E-state index is -1.42. The molecule has 0 aromatic heterocycles. The molecule has 2 rings (SSSR count). The quantitative estimate of drug-likeness (QED) is 0.835. The lowest BCUT2D eigenvalue weighted by Gasteiger charge is -2.21. The molecule has 0 aliphatic carbocycles. The third-order valence-electron chi connectivity index (χ3n) is 2.97. The molecule has 1 aromatic carbocycles. The van der Waals surface area contributed by atoms with E-state index in [1.807, 2.05) is 5.32 Å². The predicted molar refractivity (Wildman–Crippen MR) is 68.1 cm³/mol. The number of amides is 1. The Kier molecular flexibility index (Phi) is 4.02. The standard InChI is InChI=1S/C12H11F2N3O3/c13-8-3-7(16-12(18)19)4-9(14)11(8)10-5-6(17-20)1-2-15-10/h2-4,6,10,16H,1,5H2,(H,18,19). The van der Waals surface area contributed by atoms with Crippen molar-refractivity contribution in [1.82, 2.24) is 0 Å². The van der Waals surface area contributed by atoms with E-state index in [0.29, 0.717) is 6.42 Å². The molecule has 0 spiro atoms. The van der Waals surface area contributed by atoms with Gasteiger partial charge < -0.3 is 5.11 Å². The van der Waals surface area contributed by atoms with Crippen molar-refractivity contribution in [2.75, 3.05) is 5.32 Å². The third-order valence-corrected chi connectivity index (χ3v) is 2.97. The van der Waals surface area contributed by atoms with Crippen LogP contribution in [0.2, 0.25) is 0 Å². The highest BCUT2D eigenvalue weighted by atomic mass is 19.1. The average Bonchev–Trinajstić information content (AvgIpc) is 2.37. The monoisotopic (exact) mass is 283 g/mol. The van der Waals surface area contributed by atoms with Gasteiger partial charge in [0, 0.05) is 30.3 Å². The van der Waals surface area contributed by atoms with Crippen LogP contribution in [0.5, 0.6) is 0 Å². The predicted octanol–water partition coefficient (Wildman–Crippen LogP) is 3.10. The van der Waals surface area contributed by atoms with E-state index in [2.05, 4.69) is 10.2 Å². The molecular formula is C12H11F2N3O3. The maximum absolute atomic E-state index is 13.9. The van der Waals surface area contributed by atoms with Crippen molar-refractivity contribution in [3.63, 3.8) is 0 Å². The second kappa shape index (κ2) is 5.72. The minimum absolute atomic E-state index is 0.125. The minimum Gasteiger partial charge on any atom is -0.465 e. The smallest absolute Gasteiger partial charge is 0.409 e.